The first-order valence-corrected chi connectivity index (χ1v) is 10.4. The molecule has 6 heteroatoms. The Labute approximate surface area is 171 Å². The summed E-state index contributed by atoms with van der Waals surface area (Å²) in [7, 11) is 0. The number of aromatic hydroxyl groups is 2. The van der Waals surface area contributed by atoms with Gasteiger partial charge in [0.1, 0.15) is 0 Å². The zero-order chi connectivity index (χ0) is 20.5. The first kappa shape index (κ1) is 19.6. The maximum Gasteiger partial charge on any atom is 0.258 e. The Morgan fingerprint density at radius 3 is 2.55 bits per heavy atom. The van der Waals surface area contributed by atoms with Crippen LogP contribution in [0.5, 0.6) is 11.5 Å². The van der Waals surface area contributed by atoms with Crippen LogP contribution in [-0.4, -0.2) is 40.2 Å². The maximum atomic E-state index is 13.1. The minimum atomic E-state index is -0.344. The van der Waals surface area contributed by atoms with E-state index in [9.17, 15) is 15.0 Å². The smallest absolute Gasteiger partial charge is 0.258 e. The highest BCUT2D eigenvalue weighted by Crippen LogP contribution is 2.35. The second-order valence-electron chi connectivity index (χ2n) is 8.40. The van der Waals surface area contributed by atoms with Crippen molar-refractivity contribution < 1.29 is 15.0 Å². The second kappa shape index (κ2) is 7.95. The molecule has 2 aliphatic rings. The van der Waals surface area contributed by atoms with Gasteiger partial charge in [0.05, 0.1) is 5.56 Å². The molecule has 0 aliphatic carbocycles. The number of nitrogens with one attached hydrogen (secondary N) is 2. The minimum absolute atomic E-state index is 0.146. The lowest BCUT2D eigenvalue weighted by molar-refractivity contribution is 0.0747. The lowest BCUT2D eigenvalue weighted by atomic mass is 9.99. The van der Waals surface area contributed by atoms with Crippen molar-refractivity contribution in [3.05, 3.63) is 52.6 Å². The van der Waals surface area contributed by atoms with Crippen LogP contribution in [0.3, 0.4) is 0 Å². The zero-order valence-corrected chi connectivity index (χ0v) is 17.0. The number of carbonyl (C=O) groups excluding carboxylic acids is 1. The normalized spacial score (nSPS) is 16.9. The fraction of sp³-hybridized carbons (Fsp3) is 0.435. The molecule has 2 aromatic rings. The second-order valence-corrected chi connectivity index (χ2v) is 8.40. The van der Waals surface area contributed by atoms with Gasteiger partial charge in [-0.25, -0.2) is 0 Å². The third-order valence-electron chi connectivity index (χ3n) is 5.94. The predicted octanol–water partition coefficient (Wildman–Crippen LogP) is 3.54. The number of phenolic OH excluding ortho intramolecular Hbond substituents is 2. The molecule has 29 heavy (non-hydrogen) atoms. The molecule has 1 saturated heterocycles. The van der Waals surface area contributed by atoms with Crippen molar-refractivity contribution in [2.45, 2.75) is 51.7 Å². The van der Waals surface area contributed by atoms with Crippen LogP contribution in [0.2, 0.25) is 0 Å². The Morgan fingerprint density at radius 1 is 1.10 bits per heavy atom. The highest BCUT2D eigenvalue weighted by molar-refractivity contribution is 5.98. The molecule has 2 aliphatic heterocycles. The van der Waals surface area contributed by atoms with Gasteiger partial charge in [0.2, 0.25) is 0 Å². The Kier molecular flexibility index (Phi) is 5.37. The van der Waals surface area contributed by atoms with Crippen LogP contribution in [0, 0.1) is 0 Å². The van der Waals surface area contributed by atoms with E-state index in [0.29, 0.717) is 19.1 Å². The average molecular weight is 396 g/mol. The molecule has 0 radical (unpaired) electrons. The Balaban J connectivity index is 1.51. The fourth-order valence-corrected chi connectivity index (χ4v) is 4.14. The highest BCUT2D eigenvalue weighted by atomic mass is 16.3. The Hall–Kier alpha value is -2.73. The van der Waals surface area contributed by atoms with E-state index in [2.05, 4.69) is 28.8 Å². The van der Waals surface area contributed by atoms with E-state index < -0.39 is 0 Å². The van der Waals surface area contributed by atoms with Gasteiger partial charge < -0.3 is 25.7 Å². The molecular weight excluding hydrogens is 366 g/mol. The molecule has 2 aromatic carbocycles. The number of fused-ring (bicyclic) bond motifs is 1. The van der Waals surface area contributed by atoms with Crippen LogP contribution in [-0.2, 0) is 13.1 Å². The number of hydrogen-bond acceptors (Lipinski definition) is 5. The van der Waals surface area contributed by atoms with Crippen LogP contribution >= 0.6 is 0 Å². The molecule has 4 N–H and O–H groups in total. The lowest BCUT2D eigenvalue weighted by Gasteiger charge is -2.24. The number of nitrogens with zero attached hydrogens (tertiary/aromatic N) is 1. The number of carbonyl (C=O) groups is 1. The van der Waals surface area contributed by atoms with Gasteiger partial charge in [0, 0.05) is 24.8 Å². The molecule has 1 amide bonds. The molecule has 4 rings (SSSR count). The number of benzene rings is 2. The Bertz CT molecular complexity index is 920. The maximum absolute atomic E-state index is 13.1. The van der Waals surface area contributed by atoms with Gasteiger partial charge in [-0.1, -0.05) is 19.9 Å². The van der Waals surface area contributed by atoms with Crippen molar-refractivity contribution in [3.63, 3.8) is 0 Å². The molecular formula is C23H29N3O3. The van der Waals surface area contributed by atoms with Crippen molar-refractivity contribution in [1.29, 1.82) is 0 Å². The molecule has 0 bridgehead atoms. The number of piperidine rings is 1. The topological polar surface area (TPSA) is 84.8 Å². The summed E-state index contributed by atoms with van der Waals surface area (Å²) in [5, 5.41) is 27.3. The van der Waals surface area contributed by atoms with E-state index in [0.717, 1.165) is 48.3 Å². The van der Waals surface area contributed by atoms with Crippen molar-refractivity contribution >= 4 is 11.6 Å². The summed E-state index contributed by atoms with van der Waals surface area (Å²) in [4.78, 5) is 14.8. The van der Waals surface area contributed by atoms with Gasteiger partial charge >= 0.3 is 0 Å². The van der Waals surface area contributed by atoms with Gasteiger partial charge in [-0.15, -0.1) is 0 Å². The largest absolute Gasteiger partial charge is 0.504 e. The van der Waals surface area contributed by atoms with Gasteiger partial charge in [-0.2, -0.15) is 0 Å². The molecule has 154 valence electrons. The first-order valence-electron chi connectivity index (χ1n) is 10.4. The lowest BCUT2D eigenvalue weighted by Crippen LogP contribution is -2.35. The van der Waals surface area contributed by atoms with Gasteiger partial charge in [0.25, 0.3) is 5.91 Å². The van der Waals surface area contributed by atoms with Gasteiger partial charge in [-0.3, -0.25) is 4.79 Å². The SMILES string of the molecule is CC(C)c1cc(O)c(O)c(C(=O)N2Cc3ccc(NC4CCNCC4)cc3C2)c1. The summed E-state index contributed by atoms with van der Waals surface area (Å²) in [6.07, 6.45) is 2.22. The zero-order valence-electron chi connectivity index (χ0n) is 17.0. The summed E-state index contributed by atoms with van der Waals surface area (Å²) in [5.74, 6) is -0.704. The number of amides is 1. The van der Waals surface area contributed by atoms with Crippen LogP contribution < -0.4 is 10.6 Å². The fourth-order valence-electron chi connectivity index (χ4n) is 4.14. The minimum Gasteiger partial charge on any atom is -0.504 e. The molecule has 0 aromatic heterocycles. The molecule has 6 nitrogen and oxygen atoms in total. The van der Waals surface area contributed by atoms with E-state index in [1.165, 1.54) is 6.07 Å². The predicted molar refractivity (Wildman–Crippen MR) is 113 cm³/mol. The summed E-state index contributed by atoms with van der Waals surface area (Å²) >= 11 is 0. The summed E-state index contributed by atoms with van der Waals surface area (Å²) in [5.41, 5.74) is 4.33. The number of phenols is 2. The third-order valence-corrected chi connectivity index (χ3v) is 5.94. The molecule has 0 saturated carbocycles. The molecule has 0 atom stereocenters. The molecule has 0 unspecified atom stereocenters. The Morgan fingerprint density at radius 2 is 1.83 bits per heavy atom. The van der Waals surface area contributed by atoms with E-state index in [1.807, 2.05) is 13.8 Å². The summed E-state index contributed by atoms with van der Waals surface area (Å²) < 4.78 is 0. The quantitative estimate of drug-likeness (QED) is 0.595. The molecule has 1 fully saturated rings. The van der Waals surface area contributed by atoms with E-state index in [4.69, 9.17) is 0 Å². The van der Waals surface area contributed by atoms with Crippen molar-refractivity contribution in [2.24, 2.45) is 0 Å². The monoisotopic (exact) mass is 395 g/mol. The first-order chi connectivity index (χ1) is 13.9. The van der Waals surface area contributed by atoms with Crippen LogP contribution in [0.15, 0.2) is 30.3 Å². The van der Waals surface area contributed by atoms with Crippen molar-refractivity contribution in [2.75, 3.05) is 18.4 Å². The standard InChI is InChI=1S/C23H29N3O3/c1-14(2)16-10-20(22(28)21(27)11-16)23(29)26-12-15-3-4-19(9-17(15)13-26)25-18-5-7-24-8-6-18/h3-4,9-11,14,18,24-25,27-28H,5-8,12-13H2,1-2H3. The van der Waals surface area contributed by atoms with E-state index in [1.54, 1.807) is 11.0 Å². The van der Waals surface area contributed by atoms with Crippen LogP contribution in [0.25, 0.3) is 0 Å². The van der Waals surface area contributed by atoms with Crippen LogP contribution in [0.4, 0.5) is 5.69 Å². The number of rotatable bonds is 4. The van der Waals surface area contributed by atoms with Gasteiger partial charge in [-0.05, 0) is 72.8 Å². The van der Waals surface area contributed by atoms with Crippen LogP contribution in [0.1, 0.15) is 59.7 Å². The number of anilines is 1. The van der Waals surface area contributed by atoms with E-state index >= 15 is 0 Å². The van der Waals surface area contributed by atoms with E-state index in [-0.39, 0.29) is 28.9 Å². The highest BCUT2D eigenvalue weighted by Gasteiger charge is 2.28. The summed E-state index contributed by atoms with van der Waals surface area (Å²) in [6, 6.07) is 9.98. The van der Waals surface area contributed by atoms with Gasteiger partial charge in [0.15, 0.2) is 11.5 Å². The average Bonchev–Trinajstić information content (AvgIpc) is 3.13. The summed E-state index contributed by atoms with van der Waals surface area (Å²) in [6.45, 7) is 7.06. The number of hydrogen-bond donors (Lipinski definition) is 4. The molecule has 0 spiro atoms. The van der Waals surface area contributed by atoms with Crippen molar-refractivity contribution in [1.82, 2.24) is 10.2 Å². The molecule has 2 heterocycles. The third kappa shape index (κ3) is 4.03. The van der Waals surface area contributed by atoms with Crippen molar-refractivity contribution in [3.8, 4) is 11.5 Å².